The summed E-state index contributed by atoms with van der Waals surface area (Å²) in [6, 6.07) is 10.1. The van der Waals surface area contributed by atoms with Crippen LogP contribution in [0.3, 0.4) is 0 Å². The highest BCUT2D eigenvalue weighted by Crippen LogP contribution is 2.46. The van der Waals surface area contributed by atoms with Crippen molar-refractivity contribution in [3.63, 3.8) is 0 Å². The number of pyridine rings is 1. The number of halogens is 2. The quantitative estimate of drug-likeness (QED) is 0.154. The highest BCUT2D eigenvalue weighted by Gasteiger charge is 2.27. The van der Waals surface area contributed by atoms with Gasteiger partial charge in [-0.1, -0.05) is 30.1 Å². The van der Waals surface area contributed by atoms with Crippen molar-refractivity contribution in [3.8, 4) is 39.8 Å². The van der Waals surface area contributed by atoms with Crippen molar-refractivity contribution in [2.45, 2.75) is 6.92 Å². The Kier molecular flexibility index (Phi) is 9.52. The third-order valence-corrected chi connectivity index (χ3v) is 8.25. The largest absolute Gasteiger partial charge is 0.496 e. The molecule has 0 radical (unpaired) electrons. The van der Waals surface area contributed by atoms with Crippen LogP contribution in [-0.2, 0) is 0 Å². The SMILES string of the molecule is CCN1CCN(c2cc(OC)c(-c3cc(-c4cccnc4Nc4c(Cl)c(OC)cc(OC)c4Cl)ncn3)cc2[N+](=O)[O-])CC1. The van der Waals surface area contributed by atoms with Crippen molar-refractivity contribution >= 4 is 46.1 Å². The predicted molar refractivity (Wildman–Crippen MR) is 171 cm³/mol. The lowest BCUT2D eigenvalue weighted by atomic mass is 10.0. The number of nitrogens with one attached hydrogen (secondary N) is 1. The maximum absolute atomic E-state index is 12.3. The zero-order chi connectivity index (χ0) is 31.4. The summed E-state index contributed by atoms with van der Waals surface area (Å²) < 4.78 is 16.5. The summed E-state index contributed by atoms with van der Waals surface area (Å²) in [6.07, 6.45) is 3.00. The van der Waals surface area contributed by atoms with Crippen molar-refractivity contribution in [2.24, 2.45) is 0 Å². The van der Waals surface area contributed by atoms with Gasteiger partial charge in [0.25, 0.3) is 5.69 Å². The molecule has 0 spiro atoms. The molecule has 12 nitrogen and oxygen atoms in total. The molecular formula is C30H31Cl2N7O5. The first-order valence-corrected chi connectivity index (χ1v) is 14.5. The molecule has 0 saturated carbocycles. The Labute approximate surface area is 264 Å². The minimum Gasteiger partial charge on any atom is -0.496 e. The van der Waals surface area contributed by atoms with Crippen LogP contribution < -0.4 is 24.4 Å². The Morgan fingerprint density at radius 3 is 2.11 bits per heavy atom. The topological polar surface area (TPSA) is 128 Å². The third-order valence-electron chi connectivity index (χ3n) is 7.50. The first-order chi connectivity index (χ1) is 21.3. The van der Waals surface area contributed by atoms with E-state index in [2.05, 4.69) is 32.1 Å². The molecule has 0 aliphatic carbocycles. The fourth-order valence-electron chi connectivity index (χ4n) is 5.11. The molecule has 4 aromatic rings. The predicted octanol–water partition coefficient (Wildman–Crippen LogP) is 6.33. The number of nitro groups is 1. The van der Waals surface area contributed by atoms with Crippen molar-refractivity contribution in [1.29, 1.82) is 0 Å². The molecule has 44 heavy (non-hydrogen) atoms. The van der Waals surface area contributed by atoms with E-state index >= 15 is 0 Å². The number of nitrogens with zero attached hydrogens (tertiary/aromatic N) is 6. The van der Waals surface area contributed by atoms with Crippen LogP contribution in [-0.4, -0.2) is 78.8 Å². The van der Waals surface area contributed by atoms with Gasteiger partial charge in [0, 0.05) is 61.7 Å². The summed E-state index contributed by atoms with van der Waals surface area (Å²) in [6.45, 7) is 6.06. The Hall–Kier alpha value is -4.39. The van der Waals surface area contributed by atoms with Crippen LogP contribution in [0, 0.1) is 10.1 Å². The molecule has 5 rings (SSSR count). The minimum atomic E-state index is -0.369. The van der Waals surface area contributed by atoms with E-state index < -0.39 is 0 Å². The van der Waals surface area contributed by atoms with E-state index in [1.54, 1.807) is 30.5 Å². The Bertz CT molecular complexity index is 1650. The van der Waals surface area contributed by atoms with Gasteiger partial charge in [-0.2, -0.15) is 0 Å². The standard InChI is InChI=1S/C30H31Cl2N7O5/c1-5-37-9-11-38(12-10-37)22-15-24(42-2)19(13-23(22)39(40)41)21-14-20(34-17-35-21)18-7-6-8-33-30(18)36-29-27(31)25(43-3)16-26(44-4)28(29)32/h6-8,13-17H,5,9-12H2,1-4H3,(H,33,36). The Morgan fingerprint density at radius 1 is 0.886 bits per heavy atom. The molecule has 2 aromatic heterocycles. The molecule has 230 valence electrons. The minimum absolute atomic E-state index is 0.0223. The second kappa shape index (κ2) is 13.5. The lowest BCUT2D eigenvalue weighted by molar-refractivity contribution is -0.384. The van der Waals surface area contributed by atoms with Gasteiger partial charge in [0.05, 0.1) is 43.3 Å². The second-order valence-corrected chi connectivity index (χ2v) is 10.6. The molecule has 1 saturated heterocycles. The smallest absolute Gasteiger partial charge is 0.293 e. The molecule has 0 bridgehead atoms. The third kappa shape index (κ3) is 6.14. The first-order valence-electron chi connectivity index (χ1n) is 13.8. The summed E-state index contributed by atoms with van der Waals surface area (Å²) in [7, 11) is 4.51. The fourth-order valence-corrected chi connectivity index (χ4v) is 5.70. The Morgan fingerprint density at radius 2 is 1.52 bits per heavy atom. The molecule has 0 unspecified atom stereocenters. The van der Waals surface area contributed by atoms with Crippen LogP contribution in [0.5, 0.6) is 17.2 Å². The summed E-state index contributed by atoms with van der Waals surface area (Å²) in [5.74, 6) is 1.58. The summed E-state index contributed by atoms with van der Waals surface area (Å²) in [5, 5.41) is 15.9. The summed E-state index contributed by atoms with van der Waals surface area (Å²) >= 11 is 13.2. The molecule has 2 aromatic carbocycles. The van der Waals surface area contributed by atoms with Crippen LogP contribution in [0.1, 0.15) is 6.92 Å². The van der Waals surface area contributed by atoms with E-state index in [0.717, 1.165) is 19.6 Å². The number of hydrogen-bond acceptors (Lipinski definition) is 11. The van der Waals surface area contributed by atoms with Crippen molar-refractivity contribution in [3.05, 3.63) is 69.1 Å². The number of piperazine rings is 1. The maximum atomic E-state index is 12.3. The molecule has 0 amide bonds. The van der Waals surface area contributed by atoms with Gasteiger partial charge in [-0.25, -0.2) is 15.0 Å². The van der Waals surface area contributed by atoms with Gasteiger partial charge in [-0.3, -0.25) is 10.1 Å². The van der Waals surface area contributed by atoms with Gasteiger partial charge < -0.3 is 29.3 Å². The summed E-state index contributed by atoms with van der Waals surface area (Å²) in [5.41, 5.74) is 2.83. The van der Waals surface area contributed by atoms with Crippen LogP contribution in [0.4, 0.5) is 22.9 Å². The van der Waals surface area contributed by atoms with Gasteiger partial charge in [0.2, 0.25) is 0 Å². The monoisotopic (exact) mass is 639 g/mol. The lowest BCUT2D eigenvalue weighted by Crippen LogP contribution is -2.46. The molecule has 14 heteroatoms. The molecule has 1 aliphatic rings. The van der Waals surface area contributed by atoms with E-state index in [9.17, 15) is 10.1 Å². The van der Waals surface area contributed by atoms with Crippen LogP contribution in [0.15, 0.2) is 48.9 Å². The average Bonchev–Trinajstić information content (AvgIpc) is 3.06. The number of methoxy groups -OCH3 is 3. The van der Waals surface area contributed by atoms with Crippen molar-refractivity contribution < 1.29 is 19.1 Å². The highest BCUT2D eigenvalue weighted by molar-refractivity contribution is 6.41. The first kappa shape index (κ1) is 31.0. The van der Waals surface area contributed by atoms with Crippen LogP contribution in [0.2, 0.25) is 10.0 Å². The fraction of sp³-hybridized carbons (Fsp3) is 0.300. The number of hydrogen-bond donors (Lipinski definition) is 1. The summed E-state index contributed by atoms with van der Waals surface area (Å²) in [4.78, 5) is 29.6. The van der Waals surface area contributed by atoms with Gasteiger partial charge in [0.15, 0.2) is 0 Å². The number of rotatable bonds is 10. The highest BCUT2D eigenvalue weighted by atomic mass is 35.5. The normalized spacial score (nSPS) is 13.5. The van der Waals surface area contributed by atoms with E-state index in [1.807, 2.05) is 11.0 Å². The van der Waals surface area contributed by atoms with Crippen molar-refractivity contribution in [2.75, 3.05) is 64.3 Å². The zero-order valence-electron chi connectivity index (χ0n) is 24.6. The van der Waals surface area contributed by atoms with Gasteiger partial charge in [-0.05, 0) is 24.7 Å². The molecule has 0 atom stereocenters. The van der Waals surface area contributed by atoms with E-state index in [4.69, 9.17) is 37.4 Å². The average molecular weight is 641 g/mol. The number of ether oxygens (including phenoxy) is 3. The zero-order valence-corrected chi connectivity index (χ0v) is 26.1. The molecule has 1 fully saturated rings. The maximum Gasteiger partial charge on any atom is 0.293 e. The van der Waals surface area contributed by atoms with Crippen molar-refractivity contribution in [1.82, 2.24) is 19.9 Å². The number of aromatic nitrogens is 3. The molecule has 1 N–H and O–H groups in total. The lowest BCUT2D eigenvalue weighted by Gasteiger charge is -2.35. The van der Waals surface area contributed by atoms with Gasteiger partial charge in [0.1, 0.15) is 45.1 Å². The number of nitro benzene ring substituents is 1. The molecular weight excluding hydrogens is 609 g/mol. The van der Waals surface area contributed by atoms with E-state index in [0.29, 0.717) is 70.0 Å². The number of benzene rings is 2. The van der Waals surface area contributed by atoms with Crippen LogP contribution in [0.25, 0.3) is 22.5 Å². The molecule has 3 heterocycles. The Balaban J connectivity index is 1.55. The van der Waals surface area contributed by atoms with E-state index in [-0.39, 0.29) is 20.7 Å². The van der Waals surface area contributed by atoms with Gasteiger partial charge >= 0.3 is 0 Å². The van der Waals surface area contributed by atoms with E-state index in [1.165, 1.54) is 33.7 Å². The number of likely N-dealkylation sites (N-methyl/N-ethyl adjacent to an activating group) is 1. The second-order valence-electron chi connectivity index (χ2n) is 9.82. The van der Waals surface area contributed by atoms with Gasteiger partial charge in [-0.15, -0.1) is 0 Å². The number of anilines is 3. The van der Waals surface area contributed by atoms with Crippen LogP contribution >= 0.6 is 23.2 Å². The molecule has 1 aliphatic heterocycles.